The number of benzene rings is 1. The van der Waals surface area contributed by atoms with Gasteiger partial charge in [0.1, 0.15) is 0 Å². The lowest BCUT2D eigenvalue weighted by Crippen LogP contribution is -2.20. The summed E-state index contributed by atoms with van der Waals surface area (Å²) >= 11 is 0. The maximum Gasteiger partial charge on any atom is 0.0777 e. The van der Waals surface area contributed by atoms with Crippen LogP contribution in [-0.4, -0.2) is 19.1 Å². The van der Waals surface area contributed by atoms with Gasteiger partial charge in [-0.25, -0.2) is 0 Å². The molecule has 0 aliphatic heterocycles. The topological polar surface area (TPSA) is 25.4 Å². The lowest BCUT2D eigenvalue weighted by Gasteiger charge is -2.26. The number of pyridine rings is 1. The van der Waals surface area contributed by atoms with Crippen molar-refractivity contribution < 1.29 is 4.84 Å². The number of nitrogens with zero attached hydrogens (tertiary/aromatic N) is 2. The summed E-state index contributed by atoms with van der Waals surface area (Å²) in [7, 11) is 3.68. The van der Waals surface area contributed by atoms with E-state index in [2.05, 4.69) is 18.2 Å². The number of aryl methyl sites for hydroxylation is 1. The molecule has 102 valence electrons. The highest BCUT2D eigenvalue weighted by Gasteiger charge is 2.20. The van der Waals surface area contributed by atoms with Gasteiger partial charge in [-0.15, -0.1) is 12.4 Å². The van der Waals surface area contributed by atoms with Crippen molar-refractivity contribution >= 4 is 29.0 Å². The lowest BCUT2D eigenvalue weighted by molar-refractivity contribution is 0.185. The van der Waals surface area contributed by atoms with E-state index in [0.29, 0.717) is 0 Å². The van der Waals surface area contributed by atoms with Gasteiger partial charge in [0.2, 0.25) is 0 Å². The summed E-state index contributed by atoms with van der Waals surface area (Å²) in [5.74, 6) is 0. The quantitative estimate of drug-likeness (QED) is 0.786. The van der Waals surface area contributed by atoms with Gasteiger partial charge in [-0.3, -0.25) is 14.9 Å². The number of anilines is 1. The van der Waals surface area contributed by atoms with Gasteiger partial charge in [0.15, 0.2) is 0 Å². The third-order valence-electron chi connectivity index (χ3n) is 3.73. The van der Waals surface area contributed by atoms with Gasteiger partial charge in [-0.2, -0.15) is 0 Å². The van der Waals surface area contributed by atoms with Crippen LogP contribution in [0, 0.1) is 0 Å². The van der Waals surface area contributed by atoms with Crippen molar-refractivity contribution in [3.8, 4) is 0 Å². The molecule has 0 N–H and O–H groups in total. The Morgan fingerprint density at radius 2 is 1.89 bits per heavy atom. The summed E-state index contributed by atoms with van der Waals surface area (Å²) < 4.78 is 0. The van der Waals surface area contributed by atoms with E-state index in [1.807, 2.05) is 18.2 Å². The Labute approximate surface area is 119 Å². The van der Waals surface area contributed by atoms with Crippen LogP contribution < -0.4 is 5.06 Å². The number of para-hydroxylation sites is 1. The molecule has 3 rings (SSSR count). The minimum absolute atomic E-state index is 0. The van der Waals surface area contributed by atoms with E-state index >= 15 is 0 Å². The molecular weight excluding hydrogens is 260 g/mol. The van der Waals surface area contributed by atoms with Crippen molar-refractivity contribution in [2.24, 2.45) is 0 Å². The molecule has 1 aliphatic rings. The van der Waals surface area contributed by atoms with Crippen LogP contribution in [0.3, 0.4) is 0 Å². The van der Waals surface area contributed by atoms with Crippen molar-refractivity contribution in [2.75, 3.05) is 19.2 Å². The first-order chi connectivity index (χ1) is 8.81. The van der Waals surface area contributed by atoms with Crippen LogP contribution in [0.15, 0.2) is 24.3 Å². The van der Waals surface area contributed by atoms with E-state index in [4.69, 9.17) is 9.82 Å². The highest BCUT2D eigenvalue weighted by molar-refractivity contribution is 5.93. The molecule has 0 amide bonds. The summed E-state index contributed by atoms with van der Waals surface area (Å²) in [6.45, 7) is 0. The summed E-state index contributed by atoms with van der Waals surface area (Å²) in [5.41, 5.74) is 4.87. The van der Waals surface area contributed by atoms with Crippen molar-refractivity contribution in [3.05, 3.63) is 35.5 Å². The zero-order valence-electron chi connectivity index (χ0n) is 11.3. The Hall–Kier alpha value is -1.32. The van der Waals surface area contributed by atoms with Crippen molar-refractivity contribution in [1.29, 1.82) is 0 Å². The monoisotopic (exact) mass is 278 g/mol. The first-order valence-electron chi connectivity index (χ1n) is 6.49. The van der Waals surface area contributed by atoms with Gasteiger partial charge in [0.25, 0.3) is 0 Å². The number of aromatic nitrogens is 1. The molecule has 0 atom stereocenters. The average molecular weight is 279 g/mol. The van der Waals surface area contributed by atoms with Gasteiger partial charge in [0.05, 0.1) is 18.3 Å². The SMILES string of the molecule is CON(C)c1c2c(nc3ccccc13)CCCC2.Cl. The van der Waals surface area contributed by atoms with Gasteiger partial charge in [-0.05, 0) is 37.3 Å². The van der Waals surface area contributed by atoms with E-state index in [-0.39, 0.29) is 12.4 Å². The molecule has 1 aromatic carbocycles. The molecule has 2 aromatic rings. The minimum atomic E-state index is 0. The molecule has 0 saturated carbocycles. The Kier molecular flexibility index (Phi) is 4.27. The Bertz CT molecular complexity index is 586. The molecule has 0 saturated heterocycles. The number of hydroxylamine groups is 1. The van der Waals surface area contributed by atoms with Crippen LogP contribution >= 0.6 is 12.4 Å². The zero-order valence-corrected chi connectivity index (χ0v) is 12.2. The lowest BCUT2D eigenvalue weighted by atomic mass is 9.92. The van der Waals surface area contributed by atoms with Crippen LogP contribution in [0.1, 0.15) is 24.1 Å². The number of hydrogen-bond acceptors (Lipinski definition) is 3. The Morgan fingerprint density at radius 1 is 1.16 bits per heavy atom. The second-order valence-corrected chi connectivity index (χ2v) is 4.79. The molecule has 1 heterocycles. The molecular formula is C15H19ClN2O. The molecule has 0 radical (unpaired) electrons. The smallest absolute Gasteiger partial charge is 0.0777 e. The molecule has 4 heteroatoms. The fraction of sp³-hybridized carbons (Fsp3) is 0.400. The standard InChI is InChI=1S/C15H18N2O.ClH/c1-17(18-2)15-11-7-3-5-9-13(11)16-14-10-6-4-8-12(14)15;/h3,5,7,9H,4,6,8,10H2,1-2H3;1H. The Balaban J connectivity index is 0.00000133. The maximum atomic E-state index is 5.42. The highest BCUT2D eigenvalue weighted by Crippen LogP contribution is 2.35. The molecule has 3 nitrogen and oxygen atoms in total. The summed E-state index contributed by atoms with van der Waals surface area (Å²) in [4.78, 5) is 10.2. The van der Waals surface area contributed by atoms with E-state index < -0.39 is 0 Å². The first-order valence-corrected chi connectivity index (χ1v) is 6.49. The molecule has 0 unspecified atom stereocenters. The van der Waals surface area contributed by atoms with Crippen LogP contribution in [0.4, 0.5) is 5.69 Å². The first kappa shape index (κ1) is 14.1. The highest BCUT2D eigenvalue weighted by atomic mass is 35.5. The molecule has 19 heavy (non-hydrogen) atoms. The van der Waals surface area contributed by atoms with Crippen molar-refractivity contribution in [1.82, 2.24) is 4.98 Å². The molecule has 0 bridgehead atoms. The van der Waals surface area contributed by atoms with Gasteiger partial charge < -0.3 is 0 Å². The van der Waals surface area contributed by atoms with Gasteiger partial charge in [-0.1, -0.05) is 18.2 Å². The Morgan fingerprint density at radius 3 is 2.68 bits per heavy atom. The van der Waals surface area contributed by atoms with E-state index in [0.717, 1.165) is 18.4 Å². The van der Waals surface area contributed by atoms with E-state index in [9.17, 15) is 0 Å². The average Bonchev–Trinajstić information content (AvgIpc) is 2.44. The molecule has 0 spiro atoms. The van der Waals surface area contributed by atoms with Crippen LogP contribution in [-0.2, 0) is 17.7 Å². The van der Waals surface area contributed by atoms with Gasteiger partial charge in [0, 0.05) is 18.1 Å². The maximum absolute atomic E-state index is 5.42. The van der Waals surface area contributed by atoms with Crippen LogP contribution in [0.25, 0.3) is 10.9 Å². The van der Waals surface area contributed by atoms with Crippen molar-refractivity contribution in [3.63, 3.8) is 0 Å². The van der Waals surface area contributed by atoms with E-state index in [1.54, 1.807) is 7.11 Å². The zero-order chi connectivity index (χ0) is 12.5. The number of hydrogen-bond donors (Lipinski definition) is 0. The molecule has 1 aliphatic carbocycles. The summed E-state index contributed by atoms with van der Waals surface area (Å²) in [6.07, 6.45) is 4.69. The summed E-state index contributed by atoms with van der Waals surface area (Å²) in [6, 6.07) is 8.31. The van der Waals surface area contributed by atoms with Gasteiger partial charge >= 0.3 is 0 Å². The predicted octanol–water partition coefficient (Wildman–Crippen LogP) is 3.53. The second kappa shape index (κ2) is 5.76. The summed E-state index contributed by atoms with van der Waals surface area (Å²) in [5, 5.41) is 3.05. The van der Waals surface area contributed by atoms with Crippen molar-refractivity contribution in [2.45, 2.75) is 25.7 Å². The fourth-order valence-corrected chi connectivity index (χ4v) is 2.80. The van der Waals surface area contributed by atoms with Crippen LogP contribution in [0.5, 0.6) is 0 Å². The van der Waals surface area contributed by atoms with E-state index in [1.165, 1.54) is 35.2 Å². The normalized spacial score (nSPS) is 13.8. The largest absolute Gasteiger partial charge is 0.277 e. The number of halogens is 1. The predicted molar refractivity (Wildman–Crippen MR) is 81.0 cm³/mol. The number of rotatable bonds is 2. The fourth-order valence-electron chi connectivity index (χ4n) is 2.80. The molecule has 1 aromatic heterocycles. The third-order valence-corrected chi connectivity index (χ3v) is 3.73. The van der Waals surface area contributed by atoms with Crippen LogP contribution in [0.2, 0.25) is 0 Å². The molecule has 0 fully saturated rings. The second-order valence-electron chi connectivity index (χ2n) is 4.79. The third kappa shape index (κ3) is 2.40. The number of fused-ring (bicyclic) bond motifs is 2. The minimum Gasteiger partial charge on any atom is -0.277 e.